The molecule has 0 radical (unpaired) electrons. The minimum absolute atomic E-state index is 0.0987. The standard InChI is InChI=1S/C17H17N3OS/c1-20(13-7-8-16-15(10-13)19-11-22-16)17(21)14(18)9-12-5-3-2-4-6-12/h2-8,10-11,14H,9,18H2,1H3/t14-/m0/s1. The Balaban J connectivity index is 1.75. The molecule has 3 aromatic rings. The minimum Gasteiger partial charge on any atom is -0.320 e. The number of thiazole rings is 1. The number of aromatic nitrogens is 1. The fraction of sp³-hybridized carbons (Fsp3) is 0.176. The van der Waals surface area contributed by atoms with Gasteiger partial charge in [-0.1, -0.05) is 30.3 Å². The van der Waals surface area contributed by atoms with E-state index in [-0.39, 0.29) is 5.91 Å². The summed E-state index contributed by atoms with van der Waals surface area (Å²) in [5, 5.41) is 0. The molecule has 2 aromatic carbocycles. The second-order valence-corrected chi connectivity index (χ2v) is 6.08. The Labute approximate surface area is 133 Å². The lowest BCUT2D eigenvalue weighted by Gasteiger charge is -2.21. The second kappa shape index (κ2) is 6.25. The number of nitrogens with two attached hydrogens (primary N) is 1. The third-order valence-corrected chi connectivity index (χ3v) is 4.46. The lowest BCUT2D eigenvalue weighted by Crippen LogP contribution is -2.43. The highest BCUT2D eigenvalue weighted by Gasteiger charge is 2.20. The molecule has 1 aromatic heterocycles. The molecule has 4 nitrogen and oxygen atoms in total. The van der Waals surface area contributed by atoms with Crippen LogP contribution >= 0.6 is 11.3 Å². The van der Waals surface area contributed by atoms with Crippen molar-refractivity contribution < 1.29 is 4.79 Å². The average molecular weight is 311 g/mol. The van der Waals surface area contributed by atoms with E-state index in [4.69, 9.17) is 5.73 Å². The highest BCUT2D eigenvalue weighted by Crippen LogP contribution is 2.23. The summed E-state index contributed by atoms with van der Waals surface area (Å²) in [5.41, 5.74) is 10.7. The van der Waals surface area contributed by atoms with E-state index < -0.39 is 6.04 Å². The molecule has 0 aliphatic carbocycles. The molecule has 112 valence electrons. The lowest BCUT2D eigenvalue weighted by atomic mass is 10.1. The molecule has 0 unspecified atom stereocenters. The Morgan fingerprint density at radius 2 is 2.05 bits per heavy atom. The van der Waals surface area contributed by atoms with Crippen LogP contribution in [0.1, 0.15) is 5.56 Å². The van der Waals surface area contributed by atoms with Gasteiger partial charge in [-0.25, -0.2) is 4.98 Å². The molecule has 5 heteroatoms. The van der Waals surface area contributed by atoms with E-state index in [0.717, 1.165) is 21.5 Å². The molecular formula is C17H17N3OS. The molecule has 0 bridgehead atoms. The number of anilines is 1. The van der Waals surface area contributed by atoms with Gasteiger partial charge in [0.25, 0.3) is 0 Å². The molecule has 0 spiro atoms. The summed E-state index contributed by atoms with van der Waals surface area (Å²) in [6.45, 7) is 0. The van der Waals surface area contributed by atoms with Gasteiger partial charge in [0.1, 0.15) is 0 Å². The van der Waals surface area contributed by atoms with Crippen molar-refractivity contribution in [2.75, 3.05) is 11.9 Å². The third kappa shape index (κ3) is 3.00. The molecule has 1 amide bonds. The van der Waals surface area contributed by atoms with E-state index in [2.05, 4.69) is 4.98 Å². The Morgan fingerprint density at radius 1 is 1.27 bits per heavy atom. The van der Waals surface area contributed by atoms with Gasteiger partial charge in [0, 0.05) is 12.7 Å². The number of hydrogen-bond donors (Lipinski definition) is 1. The number of hydrogen-bond acceptors (Lipinski definition) is 4. The normalized spacial score (nSPS) is 12.3. The van der Waals surface area contributed by atoms with Crippen LogP contribution in [0.25, 0.3) is 10.2 Å². The van der Waals surface area contributed by atoms with E-state index in [1.165, 1.54) is 0 Å². The van der Waals surface area contributed by atoms with Gasteiger partial charge < -0.3 is 10.6 Å². The Kier molecular flexibility index (Phi) is 4.18. The largest absolute Gasteiger partial charge is 0.320 e. The first kappa shape index (κ1) is 14.7. The third-order valence-electron chi connectivity index (χ3n) is 3.65. The van der Waals surface area contributed by atoms with E-state index >= 15 is 0 Å². The van der Waals surface area contributed by atoms with Crippen LogP contribution < -0.4 is 10.6 Å². The number of benzene rings is 2. The van der Waals surface area contributed by atoms with Crippen LogP contribution in [-0.4, -0.2) is 24.0 Å². The first-order chi connectivity index (χ1) is 10.6. The summed E-state index contributed by atoms with van der Waals surface area (Å²) in [4.78, 5) is 18.4. The van der Waals surface area contributed by atoms with Crippen LogP contribution in [-0.2, 0) is 11.2 Å². The zero-order chi connectivity index (χ0) is 15.5. The van der Waals surface area contributed by atoms with E-state index in [0.29, 0.717) is 6.42 Å². The lowest BCUT2D eigenvalue weighted by molar-refractivity contribution is -0.119. The molecule has 1 atom stereocenters. The number of carbonyl (C=O) groups is 1. The monoisotopic (exact) mass is 311 g/mol. The molecule has 2 N–H and O–H groups in total. The van der Waals surface area contributed by atoms with Gasteiger partial charge in [-0.05, 0) is 30.2 Å². The Morgan fingerprint density at radius 3 is 2.82 bits per heavy atom. The van der Waals surface area contributed by atoms with Crippen molar-refractivity contribution in [1.29, 1.82) is 0 Å². The quantitative estimate of drug-likeness (QED) is 0.806. The summed E-state index contributed by atoms with van der Waals surface area (Å²) >= 11 is 1.58. The predicted molar refractivity (Wildman–Crippen MR) is 91.2 cm³/mol. The fourth-order valence-corrected chi connectivity index (χ4v) is 3.04. The topological polar surface area (TPSA) is 59.2 Å². The van der Waals surface area contributed by atoms with Gasteiger partial charge in [0.2, 0.25) is 5.91 Å². The predicted octanol–water partition coefficient (Wildman–Crippen LogP) is 2.83. The molecule has 1 heterocycles. The first-order valence-corrected chi connectivity index (χ1v) is 7.93. The van der Waals surface area contributed by atoms with Crippen LogP contribution in [0.4, 0.5) is 5.69 Å². The van der Waals surface area contributed by atoms with Crippen LogP contribution in [0.3, 0.4) is 0 Å². The van der Waals surface area contributed by atoms with Crippen molar-refractivity contribution in [2.24, 2.45) is 5.73 Å². The molecule has 0 saturated carbocycles. The van der Waals surface area contributed by atoms with Gasteiger partial charge in [-0.2, -0.15) is 0 Å². The Bertz CT molecular complexity index is 785. The van der Waals surface area contributed by atoms with Gasteiger partial charge in [-0.15, -0.1) is 11.3 Å². The maximum Gasteiger partial charge on any atom is 0.243 e. The highest BCUT2D eigenvalue weighted by atomic mass is 32.1. The maximum atomic E-state index is 12.5. The molecule has 0 aliphatic heterocycles. The smallest absolute Gasteiger partial charge is 0.243 e. The van der Waals surface area contributed by atoms with Gasteiger partial charge in [-0.3, -0.25) is 4.79 Å². The van der Waals surface area contributed by atoms with Crippen molar-refractivity contribution in [3.05, 3.63) is 59.6 Å². The number of carbonyl (C=O) groups excluding carboxylic acids is 1. The minimum atomic E-state index is -0.557. The zero-order valence-corrected chi connectivity index (χ0v) is 13.1. The van der Waals surface area contributed by atoms with Crippen LogP contribution in [0.2, 0.25) is 0 Å². The van der Waals surface area contributed by atoms with Crippen molar-refractivity contribution in [3.63, 3.8) is 0 Å². The number of nitrogens with zero attached hydrogens (tertiary/aromatic N) is 2. The van der Waals surface area contributed by atoms with Crippen molar-refractivity contribution in [3.8, 4) is 0 Å². The van der Waals surface area contributed by atoms with Gasteiger partial charge >= 0.3 is 0 Å². The van der Waals surface area contributed by atoms with E-state index in [1.807, 2.05) is 48.5 Å². The van der Waals surface area contributed by atoms with Crippen molar-refractivity contribution in [1.82, 2.24) is 4.98 Å². The van der Waals surface area contributed by atoms with E-state index in [1.54, 1.807) is 28.8 Å². The SMILES string of the molecule is CN(C(=O)[C@@H](N)Cc1ccccc1)c1ccc2scnc2c1. The number of fused-ring (bicyclic) bond motifs is 1. The van der Waals surface area contributed by atoms with Crippen molar-refractivity contribution >= 4 is 33.1 Å². The number of likely N-dealkylation sites (N-methyl/N-ethyl adjacent to an activating group) is 1. The summed E-state index contributed by atoms with van der Waals surface area (Å²) in [7, 11) is 1.75. The number of amides is 1. The van der Waals surface area contributed by atoms with Gasteiger partial charge in [0.05, 0.1) is 21.8 Å². The maximum absolute atomic E-state index is 12.5. The van der Waals surface area contributed by atoms with Gasteiger partial charge in [0.15, 0.2) is 0 Å². The second-order valence-electron chi connectivity index (χ2n) is 5.20. The van der Waals surface area contributed by atoms with Crippen LogP contribution in [0.15, 0.2) is 54.0 Å². The van der Waals surface area contributed by atoms with Crippen LogP contribution in [0.5, 0.6) is 0 Å². The first-order valence-electron chi connectivity index (χ1n) is 7.05. The number of rotatable bonds is 4. The zero-order valence-electron chi connectivity index (χ0n) is 12.3. The van der Waals surface area contributed by atoms with Crippen molar-refractivity contribution in [2.45, 2.75) is 12.5 Å². The molecule has 0 saturated heterocycles. The molecular weight excluding hydrogens is 294 g/mol. The summed E-state index contributed by atoms with van der Waals surface area (Å²) < 4.78 is 1.11. The molecule has 3 rings (SSSR count). The molecule has 22 heavy (non-hydrogen) atoms. The fourth-order valence-electron chi connectivity index (χ4n) is 2.39. The molecule has 0 aliphatic rings. The molecule has 0 fully saturated rings. The average Bonchev–Trinajstić information content (AvgIpc) is 3.02. The summed E-state index contributed by atoms with van der Waals surface area (Å²) in [6.07, 6.45) is 0.531. The van der Waals surface area contributed by atoms with Crippen LogP contribution in [0, 0.1) is 0 Å². The summed E-state index contributed by atoms with van der Waals surface area (Å²) in [6, 6.07) is 15.1. The van der Waals surface area contributed by atoms with E-state index in [9.17, 15) is 4.79 Å². The Hall–Kier alpha value is -2.24. The highest BCUT2D eigenvalue weighted by molar-refractivity contribution is 7.16. The summed E-state index contributed by atoms with van der Waals surface area (Å²) in [5.74, 6) is -0.0987.